The van der Waals surface area contributed by atoms with Crippen molar-refractivity contribution < 1.29 is 9.53 Å². The number of carbonyl (C=O) groups excluding carboxylic acids is 1. The second-order valence-electron chi connectivity index (χ2n) is 8.52. The third-order valence-corrected chi connectivity index (χ3v) is 6.19. The number of urea groups is 1. The molecule has 1 aliphatic carbocycles. The fraction of sp³-hybridized carbons (Fsp3) is 0.458. The summed E-state index contributed by atoms with van der Waals surface area (Å²) < 4.78 is 5.91. The van der Waals surface area contributed by atoms with Gasteiger partial charge in [-0.05, 0) is 56.7 Å². The first kappa shape index (κ1) is 22.1. The van der Waals surface area contributed by atoms with Crippen molar-refractivity contribution in [3.63, 3.8) is 0 Å². The molecular formula is C24H32N6O2. The quantitative estimate of drug-likeness (QED) is 0.522. The van der Waals surface area contributed by atoms with E-state index in [-0.39, 0.29) is 12.1 Å². The Morgan fingerprint density at radius 1 is 1.22 bits per heavy atom. The smallest absolute Gasteiger partial charge is 0.327 e. The van der Waals surface area contributed by atoms with E-state index in [1.54, 1.807) is 13.1 Å². The first-order valence-corrected chi connectivity index (χ1v) is 11.3. The molecule has 0 bridgehead atoms. The van der Waals surface area contributed by atoms with Crippen LogP contribution in [0.2, 0.25) is 0 Å². The highest BCUT2D eigenvalue weighted by Crippen LogP contribution is 2.27. The lowest BCUT2D eigenvalue weighted by Crippen LogP contribution is -2.42. The van der Waals surface area contributed by atoms with Crippen molar-refractivity contribution in [3.05, 3.63) is 48.3 Å². The summed E-state index contributed by atoms with van der Waals surface area (Å²) in [4.78, 5) is 25.7. The molecule has 2 amide bonds. The number of allylic oxidation sites excluding steroid dienone is 1. The third-order valence-electron chi connectivity index (χ3n) is 6.19. The standard InChI is InChI=1S/C24H32N6O2/c1-17-10-11-18(25)13-21(17)28-24(31)29(2)22-14-23(27-16-26-22)30(15-20-9-6-12-32-20)19-7-4-3-5-8-19/h3-4,10-11,13-14,16,19-20H,5-9,12,15,25H2,1-2H3,(H,28,31)/t19-,20?/m0/s1. The number of aryl methyl sites for hydroxylation is 1. The van der Waals surface area contributed by atoms with Crippen LogP contribution in [0.4, 0.5) is 27.8 Å². The lowest BCUT2D eigenvalue weighted by atomic mass is 9.99. The van der Waals surface area contributed by atoms with Gasteiger partial charge in [-0.15, -0.1) is 0 Å². The Morgan fingerprint density at radius 3 is 2.81 bits per heavy atom. The van der Waals surface area contributed by atoms with Crippen LogP contribution in [0.3, 0.4) is 0 Å². The molecule has 0 spiro atoms. The first-order chi connectivity index (χ1) is 15.5. The highest BCUT2D eigenvalue weighted by molar-refractivity contribution is 6.01. The summed E-state index contributed by atoms with van der Waals surface area (Å²) in [5, 5.41) is 2.92. The van der Waals surface area contributed by atoms with Gasteiger partial charge in [-0.1, -0.05) is 18.2 Å². The van der Waals surface area contributed by atoms with E-state index in [9.17, 15) is 4.79 Å². The summed E-state index contributed by atoms with van der Waals surface area (Å²) in [7, 11) is 1.71. The molecule has 2 aliphatic rings. The van der Waals surface area contributed by atoms with Crippen LogP contribution in [0.1, 0.15) is 37.7 Å². The predicted molar refractivity (Wildman–Crippen MR) is 128 cm³/mol. The molecule has 1 aliphatic heterocycles. The van der Waals surface area contributed by atoms with Gasteiger partial charge in [0.1, 0.15) is 18.0 Å². The summed E-state index contributed by atoms with van der Waals surface area (Å²) in [6.45, 7) is 3.55. The number of nitrogen functional groups attached to an aromatic ring is 1. The van der Waals surface area contributed by atoms with E-state index < -0.39 is 0 Å². The Kier molecular flexibility index (Phi) is 6.90. The number of benzene rings is 1. The van der Waals surface area contributed by atoms with Crippen molar-refractivity contribution in [2.24, 2.45) is 0 Å². The van der Waals surface area contributed by atoms with Crippen LogP contribution in [0.5, 0.6) is 0 Å². The summed E-state index contributed by atoms with van der Waals surface area (Å²) in [5.74, 6) is 1.36. The Hall–Kier alpha value is -3.13. The van der Waals surface area contributed by atoms with Crippen molar-refractivity contribution in [3.8, 4) is 0 Å². The van der Waals surface area contributed by atoms with Gasteiger partial charge in [-0.25, -0.2) is 14.8 Å². The van der Waals surface area contributed by atoms with Gasteiger partial charge in [0, 0.05) is 43.7 Å². The number of ether oxygens (including phenoxy) is 1. The van der Waals surface area contributed by atoms with Crippen molar-refractivity contribution in [2.75, 3.05) is 41.0 Å². The Labute approximate surface area is 189 Å². The van der Waals surface area contributed by atoms with Crippen LogP contribution in [-0.4, -0.2) is 48.3 Å². The molecule has 1 aromatic carbocycles. The maximum atomic E-state index is 12.9. The number of carbonyl (C=O) groups is 1. The molecule has 2 heterocycles. The number of nitrogens with zero attached hydrogens (tertiary/aromatic N) is 4. The molecule has 170 valence electrons. The molecule has 1 saturated heterocycles. The van der Waals surface area contributed by atoms with E-state index in [2.05, 4.69) is 32.3 Å². The highest BCUT2D eigenvalue weighted by Gasteiger charge is 2.27. The van der Waals surface area contributed by atoms with E-state index in [1.165, 1.54) is 11.2 Å². The zero-order chi connectivity index (χ0) is 22.5. The van der Waals surface area contributed by atoms with Crippen LogP contribution < -0.4 is 20.9 Å². The average Bonchev–Trinajstić information content (AvgIpc) is 3.33. The van der Waals surface area contributed by atoms with Gasteiger partial charge in [0.2, 0.25) is 0 Å². The molecule has 1 fully saturated rings. The first-order valence-electron chi connectivity index (χ1n) is 11.3. The summed E-state index contributed by atoms with van der Waals surface area (Å²) in [6, 6.07) is 7.42. The topological polar surface area (TPSA) is 96.6 Å². The van der Waals surface area contributed by atoms with Gasteiger partial charge in [-0.2, -0.15) is 0 Å². The van der Waals surface area contributed by atoms with Crippen LogP contribution in [0.15, 0.2) is 42.7 Å². The zero-order valence-corrected chi connectivity index (χ0v) is 18.8. The predicted octanol–water partition coefficient (Wildman–Crippen LogP) is 4.13. The fourth-order valence-corrected chi connectivity index (χ4v) is 4.25. The maximum absolute atomic E-state index is 12.9. The minimum Gasteiger partial charge on any atom is -0.399 e. The Morgan fingerprint density at radius 2 is 2.06 bits per heavy atom. The minimum atomic E-state index is -0.283. The number of aromatic nitrogens is 2. The Balaban J connectivity index is 1.53. The molecule has 0 radical (unpaired) electrons. The monoisotopic (exact) mass is 436 g/mol. The van der Waals surface area contributed by atoms with Crippen LogP contribution in [0.25, 0.3) is 0 Å². The number of nitrogens with two attached hydrogens (primary N) is 1. The normalized spacial score (nSPS) is 20.2. The van der Waals surface area contributed by atoms with Crippen molar-refractivity contribution in [2.45, 2.75) is 51.2 Å². The number of anilines is 4. The number of hydrogen-bond donors (Lipinski definition) is 2. The molecular weight excluding hydrogens is 404 g/mol. The van der Waals surface area contributed by atoms with E-state index in [1.807, 2.05) is 25.1 Å². The van der Waals surface area contributed by atoms with Crippen molar-refractivity contribution in [1.29, 1.82) is 0 Å². The lowest BCUT2D eigenvalue weighted by molar-refractivity contribution is 0.113. The number of nitrogens with one attached hydrogen (secondary N) is 1. The van der Waals surface area contributed by atoms with E-state index in [0.717, 1.165) is 56.6 Å². The van der Waals surface area contributed by atoms with Gasteiger partial charge in [-0.3, -0.25) is 4.90 Å². The van der Waals surface area contributed by atoms with Crippen molar-refractivity contribution >= 4 is 29.0 Å². The third kappa shape index (κ3) is 5.19. The summed E-state index contributed by atoms with van der Waals surface area (Å²) in [5.41, 5.74) is 8.10. The van der Waals surface area contributed by atoms with Crippen LogP contribution >= 0.6 is 0 Å². The summed E-state index contributed by atoms with van der Waals surface area (Å²) >= 11 is 0. The Bertz CT molecular complexity index is 973. The molecule has 3 N–H and O–H groups in total. The van der Waals surface area contributed by atoms with E-state index in [4.69, 9.17) is 10.5 Å². The molecule has 8 nitrogen and oxygen atoms in total. The minimum absolute atomic E-state index is 0.215. The van der Waals surface area contributed by atoms with Crippen LogP contribution in [-0.2, 0) is 4.74 Å². The fourth-order valence-electron chi connectivity index (χ4n) is 4.25. The molecule has 32 heavy (non-hydrogen) atoms. The van der Waals surface area contributed by atoms with E-state index in [0.29, 0.717) is 23.2 Å². The number of rotatable bonds is 6. The van der Waals surface area contributed by atoms with Gasteiger partial charge in [0.05, 0.1) is 6.10 Å². The van der Waals surface area contributed by atoms with Crippen LogP contribution in [0, 0.1) is 6.92 Å². The molecule has 1 aromatic heterocycles. The maximum Gasteiger partial charge on any atom is 0.327 e. The molecule has 2 atom stereocenters. The SMILES string of the molecule is Cc1ccc(N)cc1NC(=O)N(C)c1cc(N(CC2CCCO2)[C@H]2CC=CCC2)ncn1. The molecule has 4 rings (SSSR count). The second kappa shape index (κ2) is 9.99. The van der Waals surface area contributed by atoms with Gasteiger partial charge < -0.3 is 20.7 Å². The number of amides is 2. The average molecular weight is 437 g/mol. The van der Waals surface area contributed by atoms with Gasteiger partial charge >= 0.3 is 6.03 Å². The molecule has 2 aromatic rings. The molecule has 8 heteroatoms. The van der Waals surface area contributed by atoms with Gasteiger partial charge in [0.25, 0.3) is 0 Å². The van der Waals surface area contributed by atoms with E-state index >= 15 is 0 Å². The largest absolute Gasteiger partial charge is 0.399 e. The van der Waals surface area contributed by atoms with Crippen molar-refractivity contribution in [1.82, 2.24) is 9.97 Å². The highest BCUT2D eigenvalue weighted by atomic mass is 16.5. The molecule has 1 unspecified atom stereocenters. The summed E-state index contributed by atoms with van der Waals surface area (Å²) in [6.07, 6.45) is 11.5. The number of hydrogen-bond acceptors (Lipinski definition) is 6. The second-order valence-corrected chi connectivity index (χ2v) is 8.52. The molecule has 0 saturated carbocycles. The zero-order valence-electron chi connectivity index (χ0n) is 18.8. The van der Waals surface area contributed by atoms with Gasteiger partial charge in [0.15, 0.2) is 0 Å². The lowest BCUT2D eigenvalue weighted by Gasteiger charge is -2.35.